The second-order valence-electron chi connectivity index (χ2n) is 6.39. The molecule has 1 amide bonds. The average Bonchev–Trinajstić information content (AvgIpc) is 2.94. The molecule has 2 aliphatic heterocycles. The zero-order valence-electron chi connectivity index (χ0n) is 12.0. The Kier molecular flexibility index (Phi) is 3.96. The normalized spacial score (nSPS) is 35.5. The van der Waals surface area contributed by atoms with E-state index in [1.54, 1.807) is 0 Å². The molecule has 0 aromatic rings. The van der Waals surface area contributed by atoms with Crippen LogP contribution in [-0.2, 0) is 4.74 Å². The summed E-state index contributed by atoms with van der Waals surface area (Å²) in [5.74, 6) is 0.945. The molecule has 2 saturated heterocycles. The fourth-order valence-electron chi connectivity index (χ4n) is 4.26. The summed E-state index contributed by atoms with van der Waals surface area (Å²) < 4.78 is 4.97. The fraction of sp³-hybridized carbons (Fsp3) is 0.933. The van der Waals surface area contributed by atoms with Crippen LogP contribution >= 0.6 is 0 Å². The molecule has 4 heteroatoms. The number of fused-ring (bicyclic) bond motifs is 1. The molecule has 108 valence electrons. The van der Waals surface area contributed by atoms with Gasteiger partial charge < -0.3 is 9.64 Å². The number of carbonyl (C=O) groups is 1. The molecule has 4 nitrogen and oxygen atoms in total. The molecule has 3 rings (SSSR count). The van der Waals surface area contributed by atoms with Crippen molar-refractivity contribution in [2.75, 3.05) is 26.2 Å². The molecule has 3 fully saturated rings. The lowest BCUT2D eigenvalue weighted by Gasteiger charge is -2.33. The number of rotatable bonds is 4. The summed E-state index contributed by atoms with van der Waals surface area (Å²) in [5.41, 5.74) is 0. The molecule has 1 saturated carbocycles. The number of carbonyl (C=O) groups excluding carboxylic acids is 1. The third kappa shape index (κ3) is 2.73. The van der Waals surface area contributed by atoms with E-state index in [1.165, 1.54) is 32.1 Å². The smallest absolute Gasteiger partial charge is 0.409 e. The van der Waals surface area contributed by atoms with E-state index in [9.17, 15) is 4.79 Å². The van der Waals surface area contributed by atoms with Gasteiger partial charge >= 0.3 is 6.09 Å². The molecule has 0 spiro atoms. The second-order valence-corrected chi connectivity index (χ2v) is 6.39. The number of ether oxygens (including phenoxy) is 1. The first-order valence-corrected chi connectivity index (χ1v) is 7.93. The van der Waals surface area contributed by atoms with Crippen LogP contribution in [0.3, 0.4) is 0 Å². The number of hydrogen-bond donors (Lipinski definition) is 0. The van der Waals surface area contributed by atoms with E-state index in [4.69, 9.17) is 4.74 Å². The molecule has 3 aliphatic rings. The lowest BCUT2D eigenvalue weighted by molar-refractivity contribution is 0.142. The topological polar surface area (TPSA) is 32.8 Å². The van der Waals surface area contributed by atoms with E-state index >= 15 is 0 Å². The Labute approximate surface area is 116 Å². The Balaban J connectivity index is 1.47. The Hall–Kier alpha value is -0.770. The van der Waals surface area contributed by atoms with Crippen LogP contribution in [0.2, 0.25) is 0 Å². The van der Waals surface area contributed by atoms with Crippen molar-refractivity contribution in [3.8, 4) is 0 Å². The first-order chi connectivity index (χ1) is 9.25. The lowest BCUT2D eigenvalue weighted by Crippen LogP contribution is -2.39. The van der Waals surface area contributed by atoms with Crippen LogP contribution in [0.4, 0.5) is 4.79 Å². The van der Waals surface area contributed by atoms with Crippen LogP contribution in [-0.4, -0.2) is 54.2 Å². The van der Waals surface area contributed by atoms with Crippen molar-refractivity contribution in [3.63, 3.8) is 0 Å². The highest BCUT2D eigenvalue weighted by atomic mass is 16.6. The summed E-state index contributed by atoms with van der Waals surface area (Å²) >= 11 is 0. The minimum atomic E-state index is -0.120. The van der Waals surface area contributed by atoms with Gasteiger partial charge in [0.1, 0.15) is 6.61 Å². The predicted molar refractivity (Wildman–Crippen MR) is 74.1 cm³/mol. The lowest BCUT2D eigenvalue weighted by atomic mass is 9.85. The van der Waals surface area contributed by atoms with Crippen LogP contribution in [0.1, 0.15) is 45.4 Å². The third-order valence-corrected chi connectivity index (χ3v) is 5.19. The molecular formula is C15H26N2O2. The highest BCUT2D eigenvalue weighted by molar-refractivity contribution is 5.69. The number of amides is 1. The van der Waals surface area contributed by atoms with Gasteiger partial charge in [0.05, 0.1) is 6.54 Å². The van der Waals surface area contributed by atoms with Crippen molar-refractivity contribution in [2.45, 2.75) is 57.5 Å². The predicted octanol–water partition coefficient (Wildman–Crippen LogP) is 2.48. The molecule has 0 aromatic heterocycles. The van der Waals surface area contributed by atoms with Gasteiger partial charge in [-0.2, -0.15) is 0 Å². The quantitative estimate of drug-likeness (QED) is 0.783. The number of nitrogens with zero attached hydrogens (tertiary/aromatic N) is 2. The van der Waals surface area contributed by atoms with Crippen LogP contribution in [0.25, 0.3) is 0 Å². The van der Waals surface area contributed by atoms with Crippen molar-refractivity contribution >= 4 is 6.09 Å². The van der Waals surface area contributed by atoms with Gasteiger partial charge in [0, 0.05) is 25.2 Å². The molecule has 2 heterocycles. The van der Waals surface area contributed by atoms with Gasteiger partial charge in [-0.05, 0) is 38.5 Å². The number of likely N-dealkylation sites (tertiary alicyclic amines) is 1. The average molecular weight is 266 g/mol. The van der Waals surface area contributed by atoms with Gasteiger partial charge in [-0.3, -0.25) is 4.90 Å². The van der Waals surface area contributed by atoms with E-state index in [2.05, 4.69) is 11.8 Å². The van der Waals surface area contributed by atoms with Gasteiger partial charge in [-0.15, -0.1) is 0 Å². The van der Waals surface area contributed by atoms with Crippen LogP contribution in [0.5, 0.6) is 0 Å². The Morgan fingerprint density at radius 3 is 2.89 bits per heavy atom. The van der Waals surface area contributed by atoms with Gasteiger partial charge in [-0.25, -0.2) is 4.79 Å². The van der Waals surface area contributed by atoms with Crippen molar-refractivity contribution in [1.82, 2.24) is 9.80 Å². The maximum atomic E-state index is 11.4. The molecule has 19 heavy (non-hydrogen) atoms. The highest BCUT2D eigenvalue weighted by Gasteiger charge is 2.39. The Morgan fingerprint density at radius 2 is 2.11 bits per heavy atom. The van der Waals surface area contributed by atoms with Crippen molar-refractivity contribution in [1.29, 1.82) is 0 Å². The van der Waals surface area contributed by atoms with Crippen LogP contribution < -0.4 is 0 Å². The molecular weight excluding hydrogens is 240 g/mol. The van der Waals surface area contributed by atoms with Gasteiger partial charge in [0.2, 0.25) is 0 Å². The maximum absolute atomic E-state index is 11.4. The zero-order chi connectivity index (χ0) is 13.2. The van der Waals surface area contributed by atoms with Crippen molar-refractivity contribution in [2.24, 2.45) is 5.92 Å². The first kappa shape index (κ1) is 13.2. The Bertz CT molecular complexity index is 334. The summed E-state index contributed by atoms with van der Waals surface area (Å²) in [5, 5.41) is 0. The van der Waals surface area contributed by atoms with Gasteiger partial charge in [0.15, 0.2) is 0 Å². The Morgan fingerprint density at radius 1 is 1.26 bits per heavy atom. The molecule has 0 bridgehead atoms. The summed E-state index contributed by atoms with van der Waals surface area (Å²) in [6.07, 6.45) is 8.01. The minimum absolute atomic E-state index is 0.120. The SMILES string of the molecule is C[C@@H]1C[C@@H]2CCCC[C@@H]2N1CCCN1CCOC1=O. The highest BCUT2D eigenvalue weighted by Crippen LogP contribution is 2.39. The van der Waals surface area contributed by atoms with Crippen LogP contribution in [0.15, 0.2) is 0 Å². The van der Waals surface area contributed by atoms with E-state index in [0.29, 0.717) is 6.61 Å². The second kappa shape index (κ2) is 5.70. The first-order valence-electron chi connectivity index (χ1n) is 7.93. The van der Waals surface area contributed by atoms with E-state index in [1.807, 2.05) is 4.90 Å². The van der Waals surface area contributed by atoms with E-state index in [0.717, 1.165) is 44.1 Å². The fourth-order valence-corrected chi connectivity index (χ4v) is 4.26. The summed E-state index contributed by atoms with van der Waals surface area (Å²) in [4.78, 5) is 15.9. The maximum Gasteiger partial charge on any atom is 0.409 e. The van der Waals surface area contributed by atoms with Gasteiger partial charge in [-0.1, -0.05) is 12.8 Å². The zero-order valence-corrected chi connectivity index (χ0v) is 12.0. The van der Waals surface area contributed by atoms with Crippen LogP contribution in [0, 0.1) is 5.92 Å². The number of hydrogen-bond acceptors (Lipinski definition) is 3. The molecule has 0 aromatic carbocycles. The molecule has 1 aliphatic carbocycles. The van der Waals surface area contributed by atoms with E-state index in [-0.39, 0.29) is 6.09 Å². The summed E-state index contributed by atoms with van der Waals surface area (Å²) in [6.45, 7) is 5.73. The largest absolute Gasteiger partial charge is 0.448 e. The number of cyclic esters (lactones) is 1. The minimum Gasteiger partial charge on any atom is -0.448 e. The van der Waals surface area contributed by atoms with Crippen molar-refractivity contribution in [3.05, 3.63) is 0 Å². The molecule has 0 N–H and O–H groups in total. The monoisotopic (exact) mass is 266 g/mol. The standard InChI is InChI=1S/C15H26N2O2/c1-12-11-13-5-2-3-6-14(13)17(12)8-4-7-16-9-10-19-15(16)18/h12-14H,2-11H2,1H3/t12-,13+,14+/m1/s1. The molecule has 3 atom stereocenters. The van der Waals surface area contributed by atoms with E-state index < -0.39 is 0 Å². The van der Waals surface area contributed by atoms with Gasteiger partial charge in [0.25, 0.3) is 0 Å². The molecule has 0 unspecified atom stereocenters. The third-order valence-electron chi connectivity index (χ3n) is 5.19. The van der Waals surface area contributed by atoms with Crippen molar-refractivity contribution < 1.29 is 9.53 Å². The summed E-state index contributed by atoms with van der Waals surface area (Å²) in [7, 11) is 0. The summed E-state index contributed by atoms with van der Waals surface area (Å²) in [6, 6.07) is 1.56. The molecule has 0 radical (unpaired) electrons.